The first-order chi connectivity index (χ1) is 16.5. The van der Waals surface area contributed by atoms with Crippen molar-refractivity contribution in [1.82, 2.24) is 0 Å². The highest BCUT2D eigenvalue weighted by Crippen LogP contribution is 2.44. The molecular formula is C28H29FN2O4. The smallest absolute Gasteiger partial charge is 0.251 e. The molecule has 0 spiro atoms. The number of ether oxygens (including phenoxy) is 2. The fraction of sp³-hybridized carbons (Fsp3) is 0.286. The van der Waals surface area contributed by atoms with E-state index in [2.05, 4.69) is 5.32 Å². The lowest BCUT2D eigenvalue weighted by Gasteiger charge is -2.39. The molecule has 0 bridgehead atoms. The number of nitrogens with one attached hydrogen (secondary N) is 1. The molecule has 0 saturated carbocycles. The van der Waals surface area contributed by atoms with Gasteiger partial charge in [-0.1, -0.05) is 18.2 Å². The molecule has 6 nitrogen and oxygen atoms in total. The fourth-order valence-corrected chi connectivity index (χ4v) is 4.44. The molecule has 0 saturated heterocycles. The van der Waals surface area contributed by atoms with Crippen molar-refractivity contribution in [1.29, 1.82) is 0 Å². The Labute approximate surface area is 204 Å². The van der Waals surface area contributed by atoms with Crippen molar-refractivity contribution in [2.24, 2.45) is 0 Å². The van der Waals surface area contributed by atoms with E-state index in [1.54, 1.807) is 37.3 Å². The zero-order chi connectivity index (χ0) is 25.5. The average molecular weight is 477 g/mol. The van der Waals surface area contributed by atoms with Gasteiger partial charge in [-0.3, -0.25) is 9.59 Å². The molecule has 0 radical (unpaired) electrons. The molecule has 1 aliphatic rings. The van der Waals surface area contributed by atoms with Crippen LogP contribution in [0.15, 0.2) is 48.5 Å². The van der Waals surface area contributed by atoms with Crippen molar-refractivity contribution in [3.63, 3.8) is 0 Å². The molecule has 35 heavy (non-hydrogen) atoms. The summed E-state index contributed by atoms with van der Waals surface area (Å²) in [6, 6.07) is 13.5. The molecule has 3 aromatic carbocycles. The quantitative estimate of drug-likeness (QED) is 0.458. The first-order valence-corrected chi connectivity index (χ1v) is 11.3. The van der Waals surface area contributed by atoms with Crippen molar-refractivity contribution >= 4 is 23.1 Å². The number of fused-ring (bicyclic) bond motifs is 1. The van der Waals surface area contributed by atoms with Gasteiger partial charge in [0.2, 0.25) is 0 Å². The van der Waals surface area contributed by atoms with E-state index in [-0.39, 0.29) is 18.3 Å². The molecule has 1 amide bonds. The van der Waals surface area contributed by atoms with E-state index in [0.717, 1.165) is 27.9 Å². The predicted octanol–water partition coefficient (Wildman–Crippen LogP) is 5.76. The molecule has 0 atom stereocenters. The number of likely N-dealkylation sites (N-methyl/N-ethyl adjacent to an activating group) is 1. The molecule has 7 heteroatoms. The average Bonchev–Trinajstić information content (AvgIpc) is 2.82. The van der Waals surface area contributed by atoms with E-state index in [1.807, 2.05) is 39.0 Å². The van der Waals surface area contributed by atoms with Crippen molar-refractivity contribution < 1.29 is 23.5 Å². The number of hydrogen-bond donors (Lipinski definition) is 1. The van der Waals surface area contributed by atoms with Crippen molar-refractivity contribution in [2.75, 3.05) is 24.4 Å². The van der Waals surface area contributed by atoms with Gasteiger partial charge in [0, 0.05) is 29.8 Å². The van der Waals surface area contributed by atoms with Crippen LogP contribution >= 0.6 is 0 Å². The van der Waals surface area contributed by atoms with Crippen LogP contribution in [0.3, 0.4) is 0 Å². The van der Waals surface area contributed by atoms with Crippen molar-refractivity contribution in [3.05, 3.63) is 71.0 Å². The highest BCUT2D eigenvalue weighted by atomic mass is 19.1. The van der Waals surface area contributed by atoms with Gasteiger partial charge in [0.1, 0.15) is 29.5 Å². The normalized spacial score (nSPS) is 14.3. The Morgan fingerprint density at radius 2 is 1.77 bits per heavy atom. The van der Waals surface area contributed by atoms with E-state index in [0.29, 0.717) is 22.7 Å². The number of hydrogen-bond acceptors (Lipinski definition) is 5. The third kappa shape index (κ3) is 4.46. The zero-order valence-corrected chi connectivity index (χ0v) is 20.8. The summed E-state index contributed by atoms with van der Waals surface area (Å²) in [4.78, 5) is 26.7. The van der Waals surface area contributed by atoms with Gasteiger partial charge < -0.3 is 19.7 Å². The van der Waals surface area contributed by atoms with Crippen LogP contribution in [-0.2, 0) is 11.4 Å². The Hall–Kier alpha value is -3.87. The Morgan fingerprint density at radius 1 is 1.06 bits per heavy atom. The van der Waals surface area contributed by atoms with Crippen LogP contribution in [0.2, 0.25) is 0 Å². The topological polar surface area (TPSA) is 67.9 Å². The molecule has 0 unspecified atom stereocenters. The number of nitrogens with zero attached hydrogens (tertiary/aromatic N) is 1. The maximum atomic E-state index is 13.9. The van der Waals surface area contributed by atoms with Crippen LogP contribution in [-0.4, -0.2) is 31.4 Å². The molecule has 3 aromatic rings. The van der Waals surface area contributed by atoms with Crippen LogP contribution < -0.4 is 19.7 Å². The minimum absolute atomic E-state index is 0.0674. The molecule has 0 aromatic heterocycles. The van der Waals surface area contributed by atoms with Crippen LogP contribution in [0, 0.1) is 12.7 Å². The van der Waals surface area contributed by atoms with Crippen LogP contribution in [0.4, 0.5) is 15.8 Å². The Morgan fingerprint density at radius 3 is 2.46 bits per heavy atom. The summed E-state index contributed by atoms with van der Waals surface area (Å²) in [5.74, 6) is 0.397. The molecule has 1 heterocycles. The Kier molecular flexibility index (Phi) is 6.28. The summed E-state index contributed by atoms with van der Waals surface area (Å²) in [7, 11) is 3.29. The number of methoxy groups -OCH3 is 1. The van der Waals surface area contributed by atoms with Crippen molar-refractivity contribution in [3.8, 4) is 22.6 Å². The molecule has 1 aliphatic heterocycles. The van der Waals surface area contributed by atoms with Gasteiger partial charge >= 0.3 is 0 Å². The van der Waals surface area contributed by atoms with E-state index < -0.39 is 11.4 Å². The lowest BCUT2D eigenvalue weighted by atomic mass is 9.91. The Bertz CT molecular complexity index is 1330. The van der Waals surface area contributed by atoms with Gasteiger partial charge in [-0.15, -0.1) is 0 Å². The summed E-state index contributed by atoms with van der Waals surface area (Å²) in [6.45, 7) is 7.10. The number of carbonyl (C=O) groups excluding carboxylic acids is 2. The summed E-state index contributed by atoms with van der Waals surface area (Å²) in [6.07, 6.45) is 0. The van der Waals surface area contributed by atoms with E-state index >= 15 is 0 Å². The van der Waals surface area contributed by atoms with Gasteiger partial charge in [0.15, 0.2) is 5.78 Å². The number of amides is 1. The van der Waals surface area contributed by atoms with Gasteiger partial charge in [-0.25, -0.2) is 4.39 Å². The maximum Gasteiger partial charge on any atom is 0.251 e. The maximum absolute atomic E-state index is 13.9. The fourth-order valence-electron chi connectivity index (χ4n) is 4.44. The van der Waals surface area contributed by atoms with E-state index in [1.165, 1.54) is 19.1 Å². The largest absolute Gasteiger partial charge is 0.496 e. The number of aryl methyl sites for hydroxylation is 1. The zero-order valence-electron chi connectivity index (χ0n) is 20.8. The molecule has 0 aliphatic carbocycles. The second-order valence-electron chi connectivity index (χ2n) is 9.27. The molecular weight excluding hydrogens is 447 g/mol. The van der Waals surface area contributed by atoms with Gasteiger partial charge in [0.25, 0.3) is 5.91 Å². The lowest BCUT2D eigenvalue weighted by molar-refractivity contribution is -0.121. The number of rotatable bonds is 6. The number of anilines is 2. The van der Waals surface area contributed by atoms with Crippen LogP contribution in [0.5, 0.6) is 11.5 Å². The lowest BCUT2D eigenvalue weighted by Crippen LogP contribution is -2.52. The third-order valence-electron chi connectivity index (χ3n) is 6.33. The third-order valence-corrected chi connectivity index (χ3v) is 6.33. The molecule has 0 fully saturated rings. The summed E-state index contributed by atoms with van der Waals surface area (Å²) in [5.41, 5.74) is 4.29. The monoisotopic (exact) mass is 476 g/mol. The first kappa shape index (κ1) is 24.3. The van der Waals surface area contributed by atoms with Crippen LogP contribution in [0.25, 0.3) is 11.1 Å². The highest BCUT2D eigenvalue weighted by molar-refractivity contribution is 6.09. The minimum atomic E-state index is -0.776. The molecule has 1 N–H and O–H groups in total. The van der Waals surface area contributed by atoms with Gasteiger partial charge in [-0.2, -0.15) is 0 Å². The highest BCUT2D eigenvalue weighted by Gasteiger charge is 2.38. The second kappa shape index (κ2) is 9.06. The van der Waals surface area contributed by atoms with Crippen LogP contribution in [0.1, 0.15) is 42.3 Å². The van der Waals surface area contributed by atoms with E-state index in [4.69, 9.17) is 9.47 Å². The number of ketones is 1. The standard InChI is InChI=1S/C28H29FN2O4/c1-16-7-9-19(29)14-24(16)35-15-22-20(21-10-8-18(17(2)32)13-25(21)34-6)11-12-23-26(22)31(5)27(33)28(3,4)30-23/h7-14,30H,15H2,1-6H3. The van der Waals surface area contributed by atoms with E-state index in [9.17, 15) is 14.0 Å². The number of Topliss-reactive ketones (excluding diaryl/α,β-unsaturated/α-hetero) is 1. The predicted molar refractivity (Wildman–Crippen MR) is 135 cm³/mol. The van der Waals surface area contributed by atoms with Crippen molar-refractivity contribution in [2.45, 2.75) is 39.8 Å². The number of halogens is 1. The molecule has 4 rings (SSSR count). The summed E-state index contributed by atoms with van der Waals surface area (Å²) >= 11 is 0. The first-order valence-electron chi connectivity index (χ1n) is 11.3. The number of carbonyl (C=O) groups is 2. The minimum Gasteiger partial charge on any atom is -0.496 e. The number of benzene rings is 3. The second-order valence-corrected chi connectivity index (χ2v) is 9.27. The Balaban J connectivity index is 1.90. The SMILES string of the molecule is COc1cc(C(C)=O)ccc1-c1ccc2c(c1COc1cc(F)ccc1C)N(C)C(=O)C(C)(C)N2. The summed E-state index contributed by atoms with van der Waals surface area (Å²) in [5, 5.41) is 3.32. The van der Waals surface area contributed by atoms with Gasteiger partial charge in [-0.05, 0) is 63.1 Å². The van der Waals surface area contributed by atoms with Gasteiger partial charge in [0.05, 0.1) is 18.5 Å². The molecule has 182 valence electrons. The summed E-state index contributed by atoms with van der Waals surface area (Å²) < 4.78 is 25.6.